The van der Waals surface area contributed by atoms with E-state index in [-0.39, 0.29) is 17.6 Å². The Labute approximate surface area is 221 Å². The molecule has 3 saturated carbocycles. The molecule has 3 aliphatic carbocycles. The number of methoxy groups -OCH3 is 1. The van der Waals surface area contributed by atoms with Crippen molar-refractivity contribution in [2.24, 2.45) is 39.9 Å². The van der Waals surface area contributed by atoms with Crippen molar-refractivity contribution in [3.63, 3.8) is 0 Å². The van der Waals surface area contributed by atoms with Crippen molar-refractivity contribution >= 4 is 23.7 Å². The molecule has 9 heteroatoms. The molecule has 9 unspecified atom stereocenters. The van der Waals surface area contributed by atoms with Gasteiger partial charge in [-0.05, 0) is 42.7 Å². The van der Waals surface area contributed by atoms with Gasteiger partial charge in [-0.25, -0.2) is 9.59 Å². The van der Waals surface area contributed by atoms with Gasteiger partial charge in [0.1, 0.15) is 18.0 Å². The summed E-state index contributed by atoms with van der Waals surface area (Å²) in [6.45, 7) is 8.88. The maximum Gasteiger partial charge on any atom is 0.335 e. The quantitative estimate of drug-likeness (QED) is 0.461. The van der Waals surface area contributed by atoms with Gasteiger partial charge >= 0.3 is 17.9 Å². The van der Waals surface area contributed by atoms with Crippen LogP contribution in [-0.4, -0.2) is 48.1 Å². The van der Waals surface area contributed by atoms with E-state index in [1.807, 2.05) is 20.8 Å². The largest absolute Gasteiger partial charge is 0.472 e. The molecule has 9 nitrogen and oxygen atoms in total. The lowest BCUT2D eigenvalue weighted by molar-refractivity contribution is -0.223. The SMILES string of the molecule is COC(=O)C(O)C1C(C)(C)C(OC(C)=O)C2CC3C4=CC(=O)OC(c5ccoc5)C4(C)CCC3C1(C)C2=O. The summed E-state index contributed by atoms with van der Waals surface area (Å²) < 4.78 is 21.8. The molecule has 2 heterocycles. The van der Waals surface area contributed by atoms with Gasteiger partial charge in [0.15, 0.2) is 6.10 Å². The third-order valence-electron chi connectivity index (χ3n) is 10.2. The lowest BCUT2D eigenvalue weighted by atomic mass is 9.38. The highest BCUT2D eigenvalue weighted by Crippen LogP contribution is 2.69. The van der Waals surface area contributed by atoms with E-state index in [4.69, 9.17) is 18.6 Å². The molecule has 5 rings (SSSR count). The number of hydrogen-bond acceptors (Lipinski definition) is 9. The molecule has 2 bridgehead atoms. The summed E-state index contributed by atoms with van der Waals surface area (Å²) in [6.07, 6.45) is 3.33. The van der Waals surface area contributed by atoms with E-state index in [9.17, 15) is 24.3 Å². The number of ether oxygens (including phenoxy) is 3. The van der Waals surface area contributed by atoms with Crippen LogP contribution in [0.25, 0.3) is 0 Å². The van der Waals surface area contributed by atoms with E-state index in [0.29, 0.717) is 19.3 Å². The zero-order valence-electron chi connectivity index (χ0n) is 22.7. The normalized spacial score (nSPS) is 40.1. The Kier molecular flexibility index (Phi) is 6.17. The van der Waals surface area contributed by atoms with Gasteiger partial charge in [-0.3, -0.25) is 9.59 Å². The minimum Gasteiger partial charge on any atom is -0.472 e. The van der Waals surface area contributed by atoms with Crippen molar-refractivity contribution in [1.29, 1.82) is 0 Å². The van der Waals surface area contributed by atoms with E-state index in [1.165, 1.54) is 14.0 Å². The standard InChI is InChI=1S/C29H36O9/c1-14(30)37-25-17-11-16-18(29(5,23(17)33)22(27(25,2)3)21(32)26(34)35-6)7-9-28(4)19(16)12-20(31)38-24(28)15-8-10-36-13-15/h8,10,12-13,16-18,21-22,24-25,32H,7,9,11H2,1-6H3. The van der Waals surface area contributed by atoms with E-state index >= 15 is 0 Å². The lowest BCUT2D eigenvalue weighted by Crippen LogP contribution is -2.70. The minimum absolute atomic E-state index is 0.119. The first-order valence-electron chi connectivity index (χ1n) is 13.2. The molecular formula is C29H36O9. The van der Waals surface area contributed by atoms with Crippen LogP contribution in [0.1, 0.15) is 65.5 Å². The molecule has 0 radical (unpaired) electrons. The summed E-state index contributed by atoms with van der Waals surface area (Å²) in [4.78, 5) is 52.1. The molecule has 1 N–H and O–H groups in total. The van der Waals surface area contributed by atoms with Crippen molar-refractivity contribution in [2.45, 2.75) is 72.2 Å². The summed E-state index contributed by atoms with van der Waals surface area (Å²) in [6, 6.07) is 1.79. The van der Waals surface area contributed by atoms with Crippen LogP contribution < -0.4 is 0 Å². The fraction of sp³-hybridized carbons (Fsp3) is 0.655. The van der Waals surface area contributed by atoms with Gasteiger partial charge in [0.2, 0.25) is 0 Å². The monoisotopic (exact) mass is 528 g/mol. The number of carbonyl (C=O) groups is 4. The van der Waals surface area contributed by atoms with Crippen molar-refractivity contribution < 1.29 is 42.9 Å². The van der Waals surface area contributed by atoms with Crippen molar-refractivity contribution in [1.82, 2.24) is 0 Å². The van der Waals surface area contributed by atoms with E-state index in [0.717, 1.165) is 11.1 Å². The maximum absolute atomic E-state index is 14.3. The number of fused-ring (bicyclic) bond motifs is 6. The molecule has 0 amide bonds. The first kappa shape index (κ1) is 26.7. The molecule has 9 atom stereocenters. The average Bonchev–Trinajstić information content (AvgIpc) is 3.38. The fourth-order valence-electron chi connectivity index (χ4n) is 8.75. The number of furan rings is 1. The average molecular weight is 529 g/mol. The van der Waals surface area contributed by atoms with Gasteiger partial charge in [-0.1, -0.05) is 27.7 Å². The molecule has 1 aliphatic heterocycles. The molecule has 0 spiro atoms. The summed E-state index contributed by atoms with van der Waals surface area (Å²) in [7, 11) is 1.20. The Morgan fingerprint density at radius 2 is 1.87 bits per heavy atom. The van der Waals surface area contributed by atoms with Crippen LogP contribution in [0.3, 0.4) is 0 Å². The Balaban J connectivity index is 1.66. The minimum atomic E-state index is -1.60. The second-order valence-corrected chi connectivity index (χ2v) is 12.4. The Hall–Kier alpha value is -2.94. The summed E-state index contributed by atoms with van der Waals surface area (Å²) in [5, 5.41) is 11.3. The smallest absolute Gasteiger partial charge is 0.335 e. The topological polar surface area (TPSA) is 129 Å². The van der Waals surface area contributed by atoms with E-state index in [2.05, 4.69) is 6.92 Å². The molecule has 38 heavy (non-hydrogen) atoms. The first-order chi connectivity index (χ1) is 17.8. The van der Waals surface area contributed by atoms with Crippen LogP contribution in [0.2, 0.25) is 0 Å². The molecule has 3 fully saturated rings. The first-order valence-corrected chi connectivity index (χ1v) is 13.2. The number of esters is 3. The number of carbonyl (C=O) groups excluding carboxylic acids is 4. The summed E-state index contributed by atoms with van der Waals surface area (Å²) in [5.41, 5.74) is -0.922. The highest BCUT2D eigenvalue weighted by molar-refractivity contribution is 5.92. The maximum atomic E-state index is 14.3. The Morgan fingerprint density at radius 3 is 2.47 bits per heavy atom. The van der Waals surface area contributed by atoms with Crippen LogP contribution in [0, 0.1) is 39.9 Å². The predicted octanol–water partition coefficient (Wildman–Crippen LogP) is 3.55. The second kappa shape index (κ2) is 8.79. The molecule has 0 saturated heterocycles. The lowest BCUT2D eigenvalue weighted by Gasteiger charge is -2.65. The number of aliphatic hydroxyl groups excluding tert-OH is 1. The van der Waals surface area contributed by atoms with Crippen molar-refractivity contribution in [3.05, 3.63) is 35.8 Å². The number of aliphatic hydroxyl groups is 1. The molecule has 0 aromatic carbocycles. The number of ketones is 1. The van der Waals surface area contributed by atoms with Crippen molar-refractivity contribution in [2.75, 3.05) is 7.11 Å². The van der Waals surface area contributed by atoms with Gasteiger partial charge in [0.25, 0.3) is 0 Å². The second-order valence-electron chi connectivity index (χ2n) is 12.4. The highest BCUT2D eigenvalue weighted by atomic mass is 16.6. The zero-order valence-corrected chi connectivity index (χ0v) is 22.7. The van der Waals surface area contributed by atoms with Gasteiger partial charge in [-0.2, -0.15) is 0 Å². The van der Waals surface area contributed by atoms with Gasteiger partial charge < -0.3 is 23.7 Å². The van der Waals surface area contributed by atoms with Crippen LogP contribution in [0.5, 0.6) is 0 Å². The molecule has 4 aliphatic rings. The third kappa shape index (κ3) is 3.53. The van der Waals surface area contributed by atoms with Gasteiger partial charge in [0, 0.05) is 40.7 Å². The van der Waals surface area contributed by atoms with Crippen LogP contribution in [0.4, 0.5) is 0 Å². The number of Topliss-reactive ketones (excluding diaryl/α,β-unsaturated/α-hetero) is 1. The summed E-state index contributed by atoms with van der Waals surface area (Å²) >= 11 is 0. The predicted molar refractivity (Wildman–Crippen MR) is 132 cm³/mol. The Morgan fingerprint density at radius 1 is 1.16 bits per heavy atom. The number of cyclic esters (lactones) is 1. The molecule has 1 aromatic heterocycles. The van der Waals surface area contributed by atoms with Crippen LogP contribution in [0.15, 0.2) is 34.7 Å². The molecule has 206 valence electrons. The number of hydrogen-bond donors (Lipinski definition) is 1. The molecule has 1 aromatic rings. The van der Waals surface area contributed by atoms with E-state index < -0.39 is 64.3 Å². The fourth-order valence-corrected chi connectivity index (χ4v) is 8.75. The Bertz CT molecular complexity index is 1200. The summed E-state index contributed by atoms with van der Waals surface area (Å²) in [5.74, 6) is -3.95. The van der Waals surface area contributed by atoms with Crippen molar-refractivity contribution in [3.8, 4) is 0 Å². The van der Waals surface area contributed by atoms with E-state index in [1.54, 1.807) is 24.7 Å². The van der Waals surface area contributed by atoms with Gasteiger partial charge in [-0.15, -0.1) is 0 Å². The molecular weight excluding hydrogens is 492 g/mol. The van der Waals surface area contributed by atoms with Crippen LogP contribution in [-0.2, 0) is 33.4 Å². The van der Waals surface area contributed by atoms with Crippen LogP contribution >= 0.6 is 0 Å². The zero-order chi connectivity index (χ0) is 27.8. The third-order valence-corrected chi connectivity index (χ3v) is 10.2. The number of rotatable bonds is 4. The van der Waals surface area contributed by atoms with Gasteiger partial charge in [0.05, 0.1) is 25.6 Å². The highest BCUT2D eigenvalue weighted by Gasteiger charge is 2.71.